The van der Waals surface area contributed by atoms with E-state index in [-0.39, 0.29) is 11.5 Å². The molecule has 1 heteroatoms. The van der Waals surface area contributed by atoms with Gasteiger partial charge in [0.05, 0.1) is 6.10 Å². The summed E-state index contributed by atoms with van der Waals surface area (Å²) < 4.78 is 0. The predicted molar refractivity (Wildman–Crippen MR) is 58.2 cm³/mol. The lowest BCUT2D eigenvalue weighted by Gasteiger charge is -2.25. The van der Waals surface area contributed by atoms with Crippen LogP contribution in [0.5, 0.6) is 0 Å². The smallest absolute Gasteiger partial charge is 0.0659 e. The second-order valence-corrected chi connectivity index (χ2v) is 4.71. The zero-order valence-electron chi connectivity index (χ0n) is 8.90. The number of hydrogen-bond donors (Lipinski definition) is 1. The van der Waals surface area contributed by atoms with Crippen molar-refractivity contribution in [2.75, 3.05) is 0 Å². The van der Waals surface area contributed by atoms with Gasteiger partial charge in [0.1, 0.15) is 0 Å². The van der Waals surface area contributed by atoms with E-state index in [0.29, 0.717) is 5.92 Å². The van der Waals surface area contributed by atoms with Crippen molar-refractivity contribution in [3.8, 4) is 0 Å². The van der Waals surface area contributed by atoms with Crippen LogP contribution in [0.1, 0.15) is 32.3 Å². The molecular weight excluding hydrogens is 172 g/mol. The van der Waals surface area contributed by atoms with Crippen molar-refractivity contribution in [2.24, 2.45) is 5.92 Å². The maximum absolute atomic E-state index is 10.2. The van der Waals surface area contributed by atoms with Gasteiger partial charge in [0, 0.05) is 5.41 Å². The third-order valence-corrected chi connectivity index (χ3v) is 3.34. The fourth-order valence-corrected chi connectivity index (χ4v) is 2.30. The molecule has 1 aliphatic carbocycles. The summed E-state index contributed by atoms with van der Waals surface area (Å²) in [7, 11) is 0. The van der Waals surface area contributed by atoms with E-state index in [4.69, 9.17) is 0 Å². The van der Waals surface area contributed by atoms with Gasteiger partial charge >= 0.3 is 0 Å². The van der Waals surface area contributed by atoms with Crippen LogP contribution in [0.25, 0.3) is 0 Å². The van der Waals surface area contributed by atoms with Crippen molar-refractivity contribution in [3.05, 3.63) is 35.9 Å². The van der Waals surface area contributed by atoms with E-state index in [1.165, 1.54) is 5.56 Å². The molecule has 1 aromatic carbocycles. The van der Waals surface area contributed by atoms with E-state index >= 15 is 0 Å². The zero-order chi connectivity index (χ0) is 10.2. The minimum atomic E-state index is -0.190. The van der Waals surface area contributed by atoms with Crippen LogP contribution in [0.3, 0.4) is 0 Å². The normalized spacial score (nSPS) is 20.9. The Morgan fingerprint density at radius 2 is 1.71 bits per heavy atom. The van der Waals surface area contributed by atoms with Crippen molar-refractivity contribution in [1.29, 1.82) is 0 Å². The van der Waals surface area contributed by atoms with Crippen molar-refractivity contribution in [3.63, 3.8) is 0 Å². The Labute approximate surface area is 85.8 Å². The summed E-state index contributed by atoms with van der Waals surface area (Å²) in [6, 6.07) is 10.4. The molecule has 1 nitrogen and oxygen atoms in total. The molecule has 0 amide bonds. The largest absolute Gasteiger partial charge is 0.392 e. The van der Waals surface area contributed by atoms with Crippen LogP contribution in [0.15, 0.2) is 30.3 Å². The predicted octanol–water partition coefficient (Wildman–Crippen LogP) is 2.74. The third kappa shape index (κ3) is 1.46. The van der Waals surface area contributed by atoms with Crippen LogP contribution in [-0.2, 0) is 5.41 Å². The van der Waals surface area contributed by atoms with Gasteiger partial charge in [-0.1, -0.05) is 44.2 Å². The average Bonchev–Trinajstić information content (AvgIpc) is 2.99. The molecule has 0 spiro atoms. The number of rotatable bonds is 3. The van der Waals surface area contributed by atoms with E-state index in [0.717, 1.165) is 12.8 Å². The molecule has 2 rings (SSSR count). The summed E-state index contributed by atoms with van der Waals surface area (Å²) in [5, 5.41) is 10.2. The monoisotopic (exact) mass is 190 g/mol. The number of hydrogen-bond acceptors (Lipinski definition) is 1. The quantitative estimate of drug-likeness (QED) is 0.777. The van der Waals surface area contributed by atoms with E-state index in [1.54, 1.807) is 0 Å². The lowest BCUT2D eigenvalue weighted by Crippen LogP contribution is -2.30. The Morgan fingerprint density at radius 1 is 1.14 bits per heavy atom. The van der Waals surface area contributed by atoms with Crippen LogP contribution in [0, 0.1) is 5.92 Å². The molecule has 1 aliphatic rings. The molecular formula is C13H18O. The van der Waals surface area contributed by atoms with Crippen LogP contribution >= 0.6 is 0 Å². The Morgan fingerprint density at radius 3 is 2.14 bits per heavy atom. The molecule has 14 heavy (non-hydrogen) atoms. The van der Waals surface area contributed by atoms with E-state index in [2.05, 4.69) is 38.1 Å². The number of benzene rings is 1. The Kier molecular flexibility index (Phi) is 2.36. The molecule has 76 valence electrons. The summed E-state index contributed by atoms with van der Waals surface area (Å²) >= 11 is 0. The van der Waals surface area contributed by atoms with Crippen LogP contribution < -0.4 is 0 Å². The molecule has 1 unspecified atom stereocenters. The third-order valence-electron chi connectivity index (χ3n) is 3.34. The average molecular weight is 190 g/mol. The first-order valence-corrected chi connectivity index (χ1v) is 5.40. The highest BCUT2D eigenvalue weighted by molar-refractivity contribution is 5.33. The first kappa shape index (κ1) is 9.72. The summed E-state index contributed by atoms with van der Waals surface area (Å²) in [6.07, 6.45) is 2.08. The fraction of sp³-hybridized carbons (Fsp3) is 0.538. The van der Waals surface area contributed by atoms with Gasteiger partial charge in [-0.25, -0.2) is 0 Å². The van der Waals surface area contributed by atoms with Crippen molar-refractivity contribution >= 4 is 0 Å². The first-order chi connectivity index (χ1) is 6.67. The highest BCUT2D eigenvalue weighted by Gasteiger charge is 2.50. The Bertz CT molecular complexity index is 298. The lowest BCUT2D eigenvalue weighted by molar-refractivity contribution is 0.0854. The minimum Gasteiger partial charge on any atom is -0.392 e. The number of aliphatic hydroxyl groups excluding tert-OH is 1. The second kappa shape index (κ2) is 3.39. The molecule has 1 fully saturated rings. The van der Waals surface area contributed by atoms with Crippen LogP contribution in [-0.4, -0.2) is 11.2 Å². The summed E-state index contributed by atoms with van der Waals surface area (Å²) in [5.74, 6) is 0.345. The maximum Gasteiger partial charge on any atom is 0.0659 e. The van der Waals surface area contributed by atoms with E-state index < -0.39 is 0 Å². The molecule has 1 N–H and O–H groups in total. The lowest BCUT2D eigenvalue weighted by atomic mass is 9.84. The summed E-state index contributed by atoms with van der Waals surface area (Å²) in [4.78, 5) is 0. The highest BCUT2D eigenvalue weighted by atomic mass is 16.3. The summed E-state index contributed by atoms with van der Waals surface area (Å²) in [5.41, 5.74) is 1.39. The first-order valence-electron chi connectivity index (χ1n) is 5.40. The molecule has 0 saturated heterocycles. The number of aliphatic hydroxyl groups is 1. The molecule has 0 radical (unpaired) electrons. The Hall–Kier alpha value is -0.820. The van der Waals surface area contributed by atoms with Gasteiger partial charge < -0.3 is 5.11 Å². The zero-order valence-corrected chi connectivity index (χ0v) is 8.90. The van der Waals surface area contributed by atoms with Gasteiger partial charge in [-0.3, -0.25) is 0 Å². The van der Waals surface area contributed by atoms with E-state index in [1.807, 2.05) is 6.07 Å². The molecule has 1 atom stereocenters. The molecule has 1 aromatic rings. The van der Waals surface area contributed by atoms with Crippen molar-refractivity contribution in [1.82, 2.24) is 0 Å². The van der Waals surface area contributed by atoms with Crippen molar-refractivity contribution in [2.45, 2.75) is 38.2 Å². The van der Waals surface area contributed by atoms with Gasteiger partial charge in [-0.2, -0.15) is 0 Å². The molecule has 0 heterocycles. The molecule has 0 aromatic heterocycles. The SMILES string of the molecule is CC(C)C(O)C1(c2ccccc2)CC1. The maximum atomic E-state index is 10.2. The van der Waals surface area contributed by atoms with Gasteiger partial charge in [0.2, 0.25) is 0 Å². The molecule has 0 aliphatic heterocycles. The standard InChI is InChI=1S/C13H18O/c1-10(2)12(14)13(8-9-13)11-6-4-3-5-7-11/h3-7,10,12,14H,8-9H2,1-2H3. The van der Waals surface area contributed by atoms with E-state index in [9.17, 15) is 5.11 Å². The molecule has 1 saturated carbocycles. The second-order valence-electron chi connectivity index (χ2n) is 4.71. The van der Waals surface area contributed by atoms with Gasteiger partial charge in [0.25, 0.3) is 0 Å². The van der Waals surface area contributed by atoms with Gasteiger partial charge in [-0.05, 0) is 24.3 Å². The molecule has 0 bridgehead atoms. The summed E-state index contributed by atoms with van der Waals surface area (Å²) in [6.45, 7) is 4.18. The fourth-order valence-electron chi connectivity index (χ4n) is 2.30. The topological polar surface area (TPSA) is 20.2 Å². The highest BCUT2D eigenvalue weighted by Crippen LogP contribution is 2.52. The van der Waals surface area contributed by atoms with Crippen LogP contribution in [0.4, 0.5) is 0 Å². The van der Waals surface area contributed by atoms with Crippen molar-refractivity contribution < 1.29 is 5.11 Å². The minimum absolute atomic E-state index is 0.0788. The van der Waals surface area contributed by atoms with Gasteiger partial charge in [0.15, 0.2) is 0 Å². The van der Waals surface area contributed by atoms with Gasteiger partial charge in [-0.15, -0.1) is 0 Å². The van der Waals surface area contributed by atoms with Crippen LogP contribution in [0.2, 0.25) is 0 Å². The Balaban J connectivity index is 2.26.